The molecule has 2 heterocycles. The molecule has 0 unspecified atom stereocenters. The molecule has 22 heavy (non-hydrogen) atoms. The number of methoxy groups -OCH3 is 1. The molecule has 1 amide bonds. The molecular formula is C16H22N2O4. The maximum absolute atomic E-state index is 12.8. The maximum atomic E-state index is 12.8. The monoisotopic (exact) mass is 306 g/mol. The van der Waals surface area contributed by atoms with Crippen LogP contribution in [0.5, 0.6) is 11.5 Å². The van der Waals surface area contributed by atoms with Crippen molar-refractivity contribution in [2.75, 3.05) is 47.0 Å². The first-order valence-corrected chi connectivity index (χ1v) is 7.52. The predicted molar refractivity (Wildman–Crippen MR) is 81.3 cm³/mol. The van der Waals surface area contributed by atoms with Crippen LogP contribution in [0.4, 0.5) is 0 Å². The summed E-state index contributed by atoms with van der Waals surface area (Å²) in [5.41, 5.74) is 0.459. The summed E-state index contributed by atoms with van der Waals surface area (Å²) in [5.74, 6) is 0.777. The van der Waals surface area contributed by atoms with Crippen LogP contribution in [0.15, 0.2) is 18.2 Å². The normalized spacial score (nSPS) is 25.6. The molecule has 6 nitrogen and oxygen atoms in total. The molecule has 1 aromatic carbocycles. The van der Waals surface area contributed by atoms with Gasteiger partial charge in [-0.1, -0.05) is 0 Å². The highest BCUT2D eigenvalue weighted by Gasteiger charge is 2.33. The third-order valence-corrected chi connectivity index (χ3v) is 4.40. The van der Waals surface area contributed by atoms with Crippen LogP contribution in [0.2, 0.25) is 0 Å². The van der Waals surface area contributed by atoms with Gasteiger partial charge in [0.25, 0.3) is 5.91 Å². The Bertz CT molecular complexity index is 563. The van der Waals surface area contributed by atoms with Crippen molar-refractivity contribution in [3.05, 3.63) is 23.8 Å². The highest BCUT2D eigenvalue weighted by Crippen LogP contribution is 2.25. The molecule has 2 aliphatic rings. The van der Waals surface area contributed by atoms with Crippen LogP contribution in [0, 0.1) is 5.92 Å². The van der Waals surface area contributed by atoms with Crippen molar-refractivity contribution in [1.82, 2.24) is 9.80 Å². The lowest BCUT2D eigenvalue weighted by molar-refractivity contribution is 0.0433. The van der Waals surface area contributed by atoms with Gasteiger partial charge in [0, 0.05) is 37.2 Å². The summed E-state index contributed by atoms with van der Waals surface area (Å²) in [5, 5.41) is 9.75. The van der Waals surface area contributed by atoms with Gasteiger partial charge in [-0.3, -0.25) is 9.69 Å². The fourth-order valence-corrected chi connectivity index (χ4v) is 3.22. The van der Waals surface area contributed by atoms with Gasteiger partial charge in [0.15, 0.2) is 0 Å². The van der Waals surface area contributed by atoms with Gasteiger partial charge < -0.3 is 19.5 Å². The Morgan fingerprint density at radius 1 is 1.27 bits per heavy atom. The highest BCUT2D eigenvalue weighted by atomic mass is 16.5. The number of benzene rings is 1. The number of hydrogen-bond acceptors (Lipinski definition) is 5. The summed E-state index contributed by atoms with van der Waals surface area (Å²) in [7, 11) is 3.60. The Morgan fingerprint density at radius 2 is 2.09 bits per heavy atom. The second-order valence-electron chi connectivity index (χ2n) is 6.13. The van der Waals surface area contributed by atoms with Crippen LogP contribution < -0.4 is 4.74 Å². The lowest BCUT2D eigenvalue weighted by Gasteiger charge is -2.30. The zero-order valence-electron chi connectivity index (χ0n) is 13.0. The Kier molecular flexibility index (Phi) is 4.22. The summed E-state index contributed by atoms with van der Waals surface area (Å²) in [6.07, 6.45) is 0. The van der Waals surface area contributed by atoms with E-state index in [2.05, 4.69) is 11.9 Å². The molecular weight excluding hydrogens is 284 g/mol. The number of hydrogen-bond donors (Lipinski definition) is 1. The van der Waals surface area contributed by atoms with Gasteiger partial charge in [-0.2, -0.15) is 0 Å². The smallest absolute Gasteiger partial charge is 0.254 e. The van der Waals surface area contributed by atoms with E-state index in [1.165, 1.54) is 19.2 Å². The van der Waals surface area contributed by atoms with Crippen LogP contribution in [0.1, 0.15) is 10.4 Å². The van der Waals surface area contributed by atoms with Crippen molar-refractivity contribution in [2.24, 2.45) is 5.92 Å². The summed E-state index contributed by atoms with van der Waals surface area (Å²) in [6, 6.07) is 4.88. The third-order valence-electron chi connectivity index (χ3n) is 4.40. The number of ether oxygens (including phenoxy) is 2. The lowest BCUT2D eigenvalue weighted by atomic mass is 10.1. The van der Waals surface area contributed by atoms with Crippen LogP contribution >= 0.6 is 0 Å². The van der Waals surface area contributed by atoms with Gasteiger partial charge in [0.1, 0.15) is 11.5 Å². The van der Waals surface area contributed by atoms with Gasteiger partial charge in [-0.25, -0.2) is 0 Å². The largest absolute Gasteiger partial charge is 0.508 e. The number of likely N-dealkylation sites (N-methyl/N-ethyl adjacent to an activating group) is 1. The van der Waals surface area contributed by atoms with E-state index in [9.17, 15) is 9.90 Å². The Balaban J connectivity index is 1.84. The average Bonchev–Trinajstić information content (AvgIpc) is 2.74. The van der Waals surface area contributed by atoms with E-state index < -0.39 is 0 Å². The molecule has 1 aromatic rings. The lowest BCUT2D eigenvalue weighted by Crippen LogP contribution is -2.44. The number of amides is 1. The van der Waals surface area contributed by atoms with Crippen molar-refractivity contribution < 1.29 is 19.4 Å². The fourth-order valence-electron chi connectivity index (χ4n) is 3.22. The SMILES string of the molecule is COc1cc(O)cc(C(=O)N2C[C@@H]3COC[C@H](C2)N(C)C3)c1. The van der Waals surface area contributed by atoms with E-state index in [4.69, 9.17) is 9.47 Å². The van der Waals surface area contributed by atoms with Crippen molar-refractivity contribution in [2.45, 2.75) is 6.04 Å². The first kappa shape index (κ1) is 15.1. The summed E-state index contributed by atoms with van der Waals surface area (Å²) < 4.78 is 10.8. The number of carbonyl (C=O) groups excluding carboxylic acids is 1. The minimum atomic E-state index is -0.0681. The van der Waals surface area contributed by atoms with Crippen LogP contribution in [-0.2, 0) is 4.74 Å². The van der Waals surface area contributed by atoms with Gasteiger partial charge >= 0.3 is 0 Å². The molecule has 0 saturated carbocycles. The second-order valence-corrected chi connectivity index (χ2v) is 6.13. The minimum absolute atomic E-state index is 0.0400. The number of carbonyl (C=O) groups is 1. The van der Waals surface area contributed by atoms with E-state index >= 15 is 0 Å². The van der Waals surface area contributed by atoms with Crippen molar-refractivity contribution >= 4 is 5.91 Å². The maximum Gasteiger partial charge on any atom is 0.254 e. The number of aromatic hydroxyl groups is 1. The molecule has 0 aliphatic carbocycles. The Labute approximate surface area is 130 Å². The molecule has 2 aliphatic heterocycles. The first-order chi connectivity index (χ1) is 10.6. The topological polar surface area (TPSA) is 62.2 Å². The minimum Gasteiger partial charge on any atom is -0.508 e. The van der Waals surface area contributed by atoms with E-state index in [0.717, 1.165) is 6.54 Å². The van der Waals surface area contributed by atoms with Crippen LogP contribution in [0.25, 0.3) is 0 Å². The number of rotatable bonds is 2. The standard InChI is InChI=1S/C16H22N2O4/c1-17-6-11-7-18(8-13(17)10-22-9-11)16(20)12-3-14(19)5-15(4-12)21-2/h3-5,11,13,19H,6-10H2,1-2H3/t11-,13+/m1/s1. The molecule has 120 valence electrons. The van der Waals surface area contributed by atoms with Crippen molar-refractivity contribution in [3.8, 4) is 11.5 Å². The van der Waals surface area contributed by atoms with Gasteiger partial charge in [0.05, 0.1) is 26.4 Å². The van der Waals surface area contributed by atoms with Crippen molar-refractivity contribution in [3.63, 3.8) is 0 Å². The zero-order valence-corrected chi connectivity index (χ0v) is 13.0. The number of phenols is 1. The van der Waals surface area contributed by atoms with Crippen LogP contribution in [-0.4, -0.2) is 73.9 Å². The fraction of sp³-hybridized carbons (Fsp3) is 0.562. The Hall–Kier alpha value is -1.79. The highest BCUT2D eigenvalue weighted by molar-refractivity contribution is 5.95. The summed E-state index contributed by atoms with van der Waals surface area (Å²) >= 11 is 0. The summed E-state index contributed by atoms with van der Waals surface area (Å²) in [6.45, 7) is 3.60. The average molecular weight is 306 g/mol. The van der Waals surface area contributed by atoms with Gasteiger partial charge in [-0.05, 0) is 19.2 Å². The molecule has 3 rings (SSSR count). The van der Waals surface area contributed by atoms with Gasteiger partial charge in [0.2, 0.25) is 0 Å². The predicted octanol–water partition coefficient (Wildman–Crippen LogP) is 0.803. The van der Waals surface area contributed by atoms with E-state index in [0.29, 0.717) is 43.5 Å². The third kappa shape index (κ3) is 3.03. The van der Waals surface area contributed by atoms with E-state index in [1.807, 2.05) is 4.90 Å². The molecule has 0 aromatic heterocycles. The zero-order chi connectivity index (χ0) is 15.7. The first-order valence-electron chi connectivity index (χ1n) is 7.52. The van der Waals surface area contributed by atoms with E-state index in [-0.39, 0.29) is 17.7 Å². The molecule has 2 atom stereocenters. The number of fused-ring (bicyclic) bond motifs is 3. The van der Waals surface area contributed by atoms with Crippen molar-refractivity contribution in [1.29, 1.82) is 0 Å². The summed E-state index contributed by atoms with van der Waals surface area (Å²) in [4.78, 5) is 17.0. The van der Waals surface area contributed by atoms with Crippen LogP contribution in [0.3, 0.4) is 0 Å². The molecule has 1 N–H and O–H groups in total. The quantitative estimate of drug-likeness (QED) is 0.876. The van der Waals surface area contributed by atoms with E-state index in [1.54, 1.807) is 6.07 Å². The molecule has 0 spiro atoms. The molecule has 2 saturated heterocycles. The number of phenolic OH excluding ortho intramolecular Hbond substituents is 1. The molecule has 0 radical (unpaired) electrons. The second kappa shape index (κ2) is 6.14. The Morgan fingerprint density at radius 3 is 2.86 bits per heavy atom. The molecule has 6 heteroatoms. The molecule has 2 bridgehead atoms. The number of nitrogens with zero attached hydrogens (tertiary/aromatic N) is 2. The van der Waals surface area contributed by atoms with Gasteiger partial charge in [-0.15, -0.1) is 0 Å². The molecule has 2 fully saturated rings.